The Morgan fingerprint density at radius 2 is 1.95 bits per heavy atom. The van der Waals surface area contributed by atoms with Gasteiger partial charge >= 0.3 is 6.09 Å². The summed E-state index contributed by atoms with van der Waals surface area (Å²) in [6.07, 6.45) is 4.57. The van der Waals surface area contributed by atoms with Crippen LogP contribution in [0.5, 0.6) is 0 Å². The molecule has 1 amide bonds. The predicted octanol–water partition coefficient (Wildman–Crippen LogP) is 2.54. The first-order valence-corrected chi connectivity index (χ1v) is 7.54. The van der Waals surface area contributed by atoms with Gasteiger partial charge < -0.3 is 10.1 Å². The lowest BCUT2D eigenvalue weighted by molar-refractivity contribution is 0.0880. The van der Waals surface area contributed by atoms with Crippen molar-refractivity contribution < 1.29 is 9.53 Å². The molecule has 1 saturated carbocycles. The molecule has 1 aliphatic carbocycles. The van der Waals surface area contributed by atoms with E-state index in [1.165, 1.54) is 32.4 Å². The highest BCUT2D eigenvalue weighted by Crippen LogP contribution is 2.28. The number of benzene rings is 1. The van der Waals surface area contributed by atoms with Crippen molar-refractivity contribution in [1.82, 2.24) is 10.2 Å². The Kier molecular flexibility index (Phi) is 4.21. The van der Waals surface area contributed by atoms with E-state index in [-0.39, 0.29) is 12.1 Å². The highest BCUT2D eigenvalue weighted by Gasteiger charge is 2.37. The fraction of sp³-hybridized carbons (Fsp3) is 0.562. The number of hydrogen-bond acceptors (Lipinski definition) is 3. The number of carbonyl (C=O) groups is 1. The molecule has 2 fully saturated rings. The van der Waals surface area contributed by atoms with Gasteiger partial charge in [-0.1, -0.05) is 30.3 Å². The fourth-order valence-corrected chi connectivity index (χ4v) is 3.08. The van der Waals surface area contributed by atoms with Crippen molar-refractivity contribution >= 4 is 6.09 Å². The lowest BCUT2D eigenvalue weighted by atomic mass is 9.85. The molecule has 2 atom stereocenters. The monoisotopic (exact) mass is 274 g/mol. The number of hydrogen-bond donors (Lipinski definition) is 1. The smallest absolute Gasteiger partial charge is 0.407 e. The third-order valence-corrected chi connectivity index (χ3v) is 4.36. The van der Waals surface area contributed by atoms with Crippen LogP contribution in [0.4, 0.5) is 4.79 Å². The molecule has 20 heavy (non-hydrogen) atoms. The van der Waals surface area contributed by atoms with E-state index in [1.54, 1.807) is 0 Å². The standard InChI is InChI=1S/C16H22N2O2/c19-16(20-12-13-6-2-1-3-7-13)17-14-8-9-15(14)18-10-4-5-11-18/h1-3,6-7,14-15H,4-5,8-12H2,(H,17,19). The molecule has 0 radical (unpaired) electrons. The summed E-state index contributed by atoms with van der Waals surface area (Å²) in [4.78, 5) is 14.3. The number of alkyl carbamates (subject to hydrolysis) is 1. The molecule has 0 aromatic heterocycles. The van der Waals surface area contributed by atoms with E-state index in [9.17, 15) is 4.79 Å². The molecule has 108 valence electrons. The molecular weight excluding hydrogens is 252 g/mol. The Labute approximate surface area is 120 Å². The largest absolute Gasteiger partial charge is 0.445 e. The van der Waals surface area contributed by atoms with E-state index in [4.69, 9.17) is 4.74 Å². The van der Waals surface area contributed by atoms with Crippen molar-refractivity contribution in [3.05, 3.63) is 35.9 Å². The SMILES string of the molecule is O=C(NC1CCC1N1CCCC1)OCc1ccccc1. The number of rotatable bonds is 4. The summed E-state index contributed by atoms with van der Waals surface area (Å²) in [6.45, 7) is 2.71. The fourth-order valence-electron chi connectivity index (χ4n) is 3.08. The third kappa shape index (κ3) is 3.12. The van der Waals surface area contributed by atoms with Crippen molar-refractivity contribution in [2.45, 2.75) is 44.4 Å². The number of nitrogens with zero attached hydrogens (tertiary/aromatic N) is 1. The van der Waals surface area contributed by atoms with Crippen LogP contribution >= 0.6 is 0 Å². The molecule has 2 aliphatic rings. The van der Waals surface area contributed by atoms with Gasteiger partial charge in [0.1, 0.15) is 6.61 Å². The van der Waals surface area contributed by atoms with Crippen LogP contribution in [-0.4, -0.2) is 36.2 Å². The van der Waals surface area contributed by atoms with E-state index < -0.39 is 0 Å². The van der Waals surface area contributed by atoms with E-state index in [1.807, 2.05) is 30.3 Å². The summed E-state index contributed by atoms with van der Waals surface area (Å²) in [6, 6.07) is 10.6. The zero-order valence-corrected chi connectivity index (χ0v) is 11.8. The molecule has 1 N–H and O–H groups in total. The summed E-state index contributed by atoms with van der Waals surface area (Å²) in [5, 5.41) is 3.01. The molecule has 1 saturated heterocycles. The van der Waals surface area contributed by atoms with Gasteiger partial charge in [-0.05, 0) is 44.3 Å². The lowest BCUT2D eigenvalue weighted by Gasteiger charge is -2.42. The molecule has 1 heterocycles. The van der Waals surface area contributed by atoms with Crippen molar-refractivity contribution in [3.63, 3.8) is 0 Å². The van der Waals surface area contributed by atoms with Crippen LogP contribution in [0.3, 0.4) is 0 Å². The number of nitrogens with one attached hydrogen (secondary N) is 1. The first-order valence-electron chi connectivity index (χ1n) is 7.54. The van der Waals surface area contributed by atoms with Crippen molar-refractivity contribution in [3.8, 4) is 0 Å². The van der Waals surface area contributed by atoms with Gasteiger partial charge in [0, 0.05) is 12.1 Å². The van der Waals surface area contributed by atoms with Crippen LogP contribution in [0.25, 0.3) is 0 Å². The van der Waals surface area contributed by atoms with Crippen LogP contribution < -0.4 is 5.32 Å². The first-order chi connectivity index (χ1) is 9.83. The highest BCUT2D eigenvalue weighted by molar-refractivity contribution is 5.67. The predicted molar refractivity (Wildman–Crippen MR) is 77.4 cm³/mol. The molecular formula is C16H22N2O2. The maximum absolute atomic E-state index is 11.8. The van der Waals surface area contributed by atoms with Gasteiger partial charge in [-0.2, -0.15) is 0 Å². The molecule has 2 unspecified atom stereocenters. The molecule has 4 heteroatoms. The summed E-state index contributed by atoms with van der Waals surface area (Å²) < 4.78 is 5.28. The van der Waals surface area contributed by atoms with Crippen molar-refractivity contribution in [2.24, 2.45) is 0 Å². The molecule has 1 aromatic carbocycles. The van der Waals surface area contributed by atoms with Gasteiger partial charge in [0.2, 0.25) is 0 Å². The van der Waals surface area contributed by atoms with Crippen LogP contribution in [0, 0.1) is 0 Å². The second-order valence-corrected chi connectivity index (χ2v) is 5.70. The van der Waals surface area contributed by atoms with Crippen LogP contribution in [0.2, 0.25) is 0 Å². The molecule has 4 nitrogen and oxygen atoms in total. The number of ether oxygens (including phenoxy) is 1. The minimum Gasteiger partial charge on any atom is -0.445 e. The number of likely N-dealkylation sites (tertiary alicyclic amines) is 1. The van der Waals surface area contributed by atoms with Gasteiger partial charge in [0.15, 0.2) is 0 Å². The van der Waals surface area contributed by atoms with E-state index in [0.29, 0.717) is 12.6 Å². The Morgan fingerprint density at radius 1 is 1.20 bits per heavy atom. The maximum Gasteiger partial charge on any atom is 0.407 e. The van der Waals surface area contributed by atoms with Gasteiger partial charge in [0.25, 0.3) is 0 Å². The summed E-state index contributed by atoms with van der Waals surface area (Å²) in [7, 11) is 0. The highest BCUT2D eigenvalue weighted by atomic mass is 16.5. The normalized spacial score (nSPS) is 26.0. The topological polar surface area (TPSA) is 41.6 Å². The van der Waals surface area contributed by atoms with E-state index in [0.717, 1.165) is 12.0 Å². The molecule has 0 bridgehead atoms. The minimum absolute atomic E-state index is 0.274. The van der Waals surface area contributed by atoms with Crippen LogP contribution in [0.1, 0.15) is 31.2 Å². The van der Waals surface area contributed by atoms with Gasteiger partial charge in [-0.15, -0.1) is 0 Å². The maximum atomic E-state index is 11.8. The second kappa shape index (κ2) is 6.27. The van der Waals surface area contributed by atoms with Crippen LogP contribution in [0.15, 0.2) is 30.3 Å². The van der Waals surface area contributed by atoms with E-state index in [2.05, 4.69) is 10.2 Å². The van der Waals surface area contributed by atoms with Gasteiger partial charge in [-0.25, -0.2) is 4.79 Å². The Hall–Kier alpha value is -1.55. The summed E-state index contributed by atoms with van der Waals surface area (Å²) in [5.41, 5.74) is 1.02. The quantitative estimate of drug-likeness (QED) is 0.917. The number of carbonyl (C=O) groups excluding carboxylic acids is 1. The lowest BCUT2D eigenvalue weighted by Crippen LogP contribution is -2.57. The Balaban J connectivity index is 1.42. The Morgan fingerprint density at radius 3 is 2.60 bits per heavy atom. The summed E-state index contributed by atoms with van der Waals surface area (Å²) >= 11 is 0. The van der Waals surface area contributed by atoms with Crippen molar-refractivity contribution in [2.75, 3.05) is 13.1 Å². The van der Waals surface area contributed by atoms with E-state index >= 15 is 0 Å². The zero-order valence-electron chi connectivity index (χ0n) is 11.8. The first kappa shape index (κ1) is 13.4. The second-order valence-electron chi connectivity index (χ2n) is 5.70. The molecule has 1 aliphatic heterocycles. The molecule has 0 spiro atoms. The average molecular weight is 274 g/mol. The summed E-state index contributed by atoms with van der Waals surface area (Å²) in [5.74, 6) is 0. The molecule has 1 aromatic rings. The third-order valence-electron chi connectivity index (χ3n) is 4.36. The Bertz CT molecular complexity index is 443. The zero-order chi connectivity index (χ0) is 13.8. The minimum atomic E-state index is -0.289. The number of amides is 1. The van der Waals surface area contributed by atoms with Gasteiger partial charge in [0.05, 0.1) is 0 Å². The molecule has 3 rings (SSSR count). The average Bonchev–Trinajstić information content (AvgIpc) is 2.96. The van der Waals surface area contributed by atoms with Crippen molar-refractivity contribution in [1.29, 1.82) is 0 Å². The van der Waals surface area contributed by atoms with Crippen LogP contribution in [-0.2, 0) is 11.3 Å². The van der Waals surface area contributed by atoms with Gasteiger partial charge in [-0.3, -0.25) is 4.90 Å².